The van der Waals surface area contributed by atoms with Gasteiger partial charge in [0.25, 0.3) is 5.91 Å². The van der Waals surface area contributed by atoms with Crippen LogP contribution in [0.2, 0.25) is 0 Å². The van der Waals surface area contributed by atoms with Crippen LogP contribution in [0.15, 0.2) is 41.6 Å². The zero-order chi connectivity index (χ0) is 17.8. The number of anilines is 1. The van der Waals surface area contributed by atoms with Gasteiger partial charge in [0.15, 0.2) is 18.1 Å². The molecule has 1 heterocycles. The highest BCUT2D eigenvalue weighted by Gasteiger charge is 2.14. The minimum atomic E-state index is -0.254. The van der Waals surface area contributed by atoms with Gasteiger partial charge >= 0.3 is 0 Å². The fourth-order valence-corrected chi connectivity index (χ4v) is 2.42. The first-order valence-electron chi connectivity index (χ1n) is 7.96. The van der Waals surface area contributed by atoms with Gasteiger partial charge in [0.05, 0.1) is 5.71 Å². The van der Waals surface area contributed by atoms with Crippen LogP contribution in [0, 0.1) is 13.8 Å². The number of fused-ring (bicyclic) bond motifs is 1. The van der Waals surface area contributed by atoms with Crippen molar-refractivity contribution in [2.75, 3.05) is 18.7 Å². The first-order chi connectivity index (χ1) is 12.0. The molecule has 0 saturated heterocycles. The van der Waals surface area contributed by atoms with E-state index in [0.717, 1.165) is 22.4 Å². The van der Waals surface area contributed by atoms with Crippen LogP contribution in [0.3, 0.4) is 0 Å². The molecule has 2 aromatic rings. The summed E-state index contributed by atoms with van der Waals surface area (Å²) in [6, 6.07) is 11.4. The number of rotatable bonds is 5. The van der Waals surface area contributed by atoms with Crippen molar-refractivity contribution in [3.8, 4) is 11.5 Å². The van der Waals surface area contributed by atoms with Crippen LogP contribution >= 0.6 is 0 Å². The van der Waals surface area contributed by atoms with Gasteiger partial charge < -0.3 is 19.6 Å². The molecule has 2 aromatic carbocycles. The lowest BCUT2D eigenvalue weighted by Gasteiger charge is -2.09. The van der Waals surface area contributed by atoms with Gasteiger partial charge in [-0.2, -0.15) is 0 Å². The number of amides is 1. The molecule has 0 unspecified atom stereocenters. The summed E-state index contributed by atoms with van der Waals surface area (Å²) in [6.07, 6.45) is 0. The molecule has 0 radical (unpaired) electrons. The number of carbonyl (C=O) groups excluding carboxylic acids is 1. The summed E-state index contributed by atoms with van der Waals surface area (Å²) >= 11 is 0. The van der Waals surface area contributed by atoms with E-state index in [9.17, 15) is 4.79 Å². The highest BCUT2D eigenvalue weighted by molar-refractivity contribution is 5.99. The van der Waals surface area contributed by atoms with E-state index in [0.29, 0.717) is 17.2 Å². The number of ether oxygens (including phenoxy) is 2. The number of hydrogen-bond donors (Lipinski definition) is 1. The standard InChI is InChI=1S/C19H20N2O4/c1-12-4-5-13(2)16(8-12)20-19(22)10-25-21-14(3)15-6-7-17-18(9-15)24-11-23-17/h4-9H,10-11H2,1-3H3,(H,20,22)/b21-14+. The maximum Gasteiger partial charge on any atom is 0.265 e. The Hall–Kier alpha value is -3.02. The molecular weight excluding hydrogens is 320 g/mol. The van der Waals surface area contributed by atoms with Crippen molar-refractivity contribution in [1.82, 2.24) is 0 Å². The van der Waals surface area contributed by atoms with Crippen LogP contribution in [-0.4, -0.2) is 25.0 Å². The molecule has 1 N–H and O–H groups in total. The van der Waals surface area contributed by atoms with Gasteiger partial charge in [-0.25, -0.2) is 0 Å². The van der Waals surface area contributed by atoms with E-state index in [1.165, 1.54) is 0 Å². The summed E-state index contributed by atoms with van der Waals surface area (Å²) in [7, 11) is 0. The third kappa shape index (κ3) is 4.09. The summed E-state index contributed by atoms with van der Waals surface area (Å²) in [5.74, 6) is 1.14. The first-order valence-corrected chi connectivity index (χ1v) is 7.96. The highest BCUT2D eigenvalue weighted by atomic mass is 16.7. The Bertz CT molecular complexity index is 830. The fraction of sp³-hybridized carbons (Fsp3) is 0.263. The van der Waals surface area contributed by atoms with Gasteiger partial charge in [0.1, 0.15) is 0 Å². The smallest absolute Gasteiger partial charge is 0.265 e. The summed E-state index contributed by atoms with van der Waals surface area (Å²) in [4.78, 5) is 17.2. The molecule has 0 aliphatic carbocycles. The molecule has 1 aliphatic heterocycles. The number of aryl methyl sites for hydroxylation is 2. The summed E-state index contributed by atoms with van der Waals surface area (Å²) in [5.41, 5.74) is 4.36. The number of benzene rings is 2. The summed E-state index contributed by atoms with van der Waals surface area (Å²) in [5, 5.41) is 6.83. The molecule has 0 atom stereocenters. The average Bonchev–Trinajstić information content (AvgIpc) is 3.05. The van der Waals surface area contributed by atoms with Crippen molar-refractivity contribution in [3.05, 3.63) is 53.1 Å². The molecule has 0 fully saturated rings. The minimum Gasteiger partial charge on any atom is -0.454 e. The Morgan fingerprint density at radius 3 is 2.80 bits per heavy atom. The Balaban J connectivity index is 1.57. The second-order valence-electron chi connectivity index (χ2n) is 5.88. The number of oxime groups is 1. The molecule has 1 amide bonds. The molecule has 6 nitrogen and oxygen atoms in total. The zero-order valence-electron chi connectivity index (χ0n) is 14.5. The van der Waals surface area contributed by atoms with Gasteiger partial charge in [-0.05, 0) is 56.2 Å². The topological polar surface area (TPSA) is 69.2 Å². The quantitative estimate of drug-likeness (QED) is 0.669. The lowest BCUT2D eigenvalue weighted by Crippen LogP contribution is -2.18. The number of carbonyl (C=O) groups is 1. The SMILES string of the molecule is C/C(=N\OCC(=O)Nc1cc(C)ccc1C)c1ccc2c(c1)OCO2. The van der Waals surface area contributed by atoms with Crippen LogP contribution in [0.1, 0.15) is 23.6 Å². The minimum absolute atomic E-state index is 0.157. The second-order valence-corrected chi connectivity index (χ2v) is 5.88. The third-order valence-electron chi connectivity index (χ3n) is 3.85. The molecule has 0 bridgehead atoms. The van der Waals surface area contributed by atoms with E-state index in [1.807, 2.05) is 50.2 Å². The Morgan fingerprint density at radius 2 is 1.96 bits per heavy atom. The Labute approximate surface area is 146 Å². The molecule has 0 aromatic heterocycles. The molecule has 0 spiro atoms. The van der Waals surface area contributed by atoms with Crippen molar-refractivity contribution >= 4 is 17.3 Å². The largest absolute Gasteiger partial charge is 0.454 e. The number of nitrogens with zero attached hydrogens (tertiary/aromatic N) is 1. The van der Waals surface area contributed by atoms with E-state index >= 15 is 0 Å². The predicted molar refractivity (Wildman–Crippen MR) is 95.3 cm³/mol. The van der Waals surface area contributed by atoms with Gasteiger partial charge in [0.2, 0.25) is 6.79 Å². The predicted octanol–water partition coefficient (Wildman–Crippen LogP) is 3.41. The van der Waals surface area contributed by atoms with Crippen LogP contribution in [-0.2, 0) is 9.63 Å². The lowest BCUT2D eigenvalue weighted by atomic mass is 10.1. The van der Waals surface area contributed by atoms with Crippen molar-refractivity contribution in [2.24, 2.45) is 5.16 Å². The third-order valence-corrected chi connectivity index (χ3v) is 3.85. The molecule has 130 valence electrons. The molecular formula is C19H20N2O4. The monoisotopic (exact) mass is 340 g/mol. The fourth-order valence-electron chi connectivity index (χ4n) is 2.42. The normalized spacial score (nSPS) is 12.8. The maximum absolute atomic E-state index is 12.0. The molecule has 25 heavy (non-hydrogen) atoms. The van der Waals surface area contributed by atoms with E-state index in [4.69, 9.17) is 14.3 Å². The van der Waals surface area contributed by atoms with E-state index in [-0.39, 0.29) is 19.3 Å². The molecule has 0 saturated carbocycles. The van der Waals surface area contributed by atoms with Gasteiger partial charge in [0, 0.05) is 11.3 Å². The first kappa shape index (κ1) is 16.8. The van der Waals surface area contributed by atoms with Crippen LogP contribution < -0.4 is 14.8 Å². The second kappa shape index (κ2) is 7.25. The molecule has 6 heteroatoms. The van der Waals surface area contributed by atoms with Crippen molar-refractivity contribution in [1.29, 1.82) is 0 Å². The van der Waals surface area contributed by atoms with E-state index in [1.54, 1.807) is 6.92 Å². The van der Waals surface area contributed by atoms with Crippen molar-refractivity contribution in [3.63, 3.8) is 0 Å². The number of nitrogens with one attached hydrogen (secondary N) is 1. The number of hydrogen-bond acceptors (Lipinski definition) is 5. The maximum atomic E-state index is 12.0. The highest BCUT2D eigenvalue weighted by Crippen LogP contribution is 2.32. The summed E-state index contributed by atoms with van der Waals surface area (Å²) in [6.45, 7) is 5.79. The van der Waals surface area contributed by atoms with Crippen LogP contribution in [0.4, 0.5) is 5.69 Å². The van der Waals surface area contributed by atoms with Crippen molar-refractivity contribution in [2.45, 2.75) is 20.8 Å². The Morgan fingerprint density at radius 1 is 1.16 bits per heavy atom. The Kier molecular flexibility index (Phi) is 4.88. The summed E-state index contributed by atoms with van der Waals surface area (Å²) < 4.78 is 10.6. The van der Waals surface area contributed by atoms with Crippen LogP contribution in [0.25, 0.3) is 0 Å². The van der Waals surface area contributed by atoms with Crippen LogP contribution in [0.5, 0.6) is 11.5 Å². The van der Waals surface area contributed by atoms with Gasteiger partial charge in [-0.3, -0.25) is 4.79 Å². The van der Waals surface area contributed by atoms with E-state index < -0.39 is 0 Å². The molecule has 1 aliphatic rings. The molecule has 3 rings (SSSR count). The van der Waals surface area contributed by atoms with Gasteiger partial charge in [-0.1, -0.05) is 17.3 Å². The average molecular weight is 340 g/mol. The zero-order valence-corrected chi connectivity index (χ0v) is 14.5. The van der Waals surface area contributed by atoms with Gasteiger partial charge in [-0.15, -0.1) is 0 Å². The van der Waals surface area contributed by atoms with Crippen molar-refractivity contribution < 1.29 is 19.1 Å². The van der Waals surface area contributed by atoms with E-state index in [2.05, 4.69) is 10.5 Å². The lowest BCUT2D eigenvalue weighted by molar-refractivity contribution is -0.120.